The first kappa shape index (κ1) is 11.5. The summed E-state index contributed by atoms with van der Waals surface area (Å²) >= 11 is 0. The number of benzene rings is 1. The first-order valence-electron chi connectivity index (χ1n) is 4.78. The van der Waals surface area contributed by atoms with Crippen LogP contribution in [0.15, 0.2) is 41.2 Å². The maximum atomic E-state index is 10.8. The molecule has 1 heterocycles. The Morgan fingerprint density at radius 3 is 2.27 bits per heavy atom. The van der Waals surface area contributed by atoms with Gasteiger partial charge in [0.15, 0.2) is 0 Å². The molecule has 15 heavy (non-hydrogen) atoms. The van der Waals surface area contributed by atoms with Gasteiger partial charge >= 0.3 is 0 Å². The van der Waals surface area contributed by atoms with Gasteiger partial charge in [0.25, 0.3) is 0 Å². The van der Waals surface area contributed by atoms with Crippen molar-refractivity contribution in [2.45, 2.75) is 0 Å². The summed E-state index contributed by atoms with van der Waals surface area (Å²) in [5.41, 5.74) is 0.837. The predicted molar refractivity (Wildman–Crippen MR) is 64.2 cm³/mol. The lowest BCUT2D eigenvalue weighted by Gasteiger charge is -1.93. The summed E-state index contributed by atoms with van der Waals surface area (Å²) in [5, 5.41) is 1.06. The standard InChI is InChI=1S/C9H7NO.C3H9N/c11-9-6-5-7-3-1-2-4-8(7)10-9;1-4(2)3/h1-6H,(H,10,11);1-3H3. The topological polar surface area (TPSA) is 36.1 Å². The lowest BCUT2D eigenvalue weighted by atomic mass is 10.2. The van der Waals surface area contributed by atoms with Gasteiger partial charge in [-0.3, -0.25) is 4.79 Å². The second-order valence-electron chi connectivity index (χ2n) is 3.75. The van der Waals surface area contributed by atoms with Gasteiger partial charge in [-0.1, -0.05) is 18.2 Å². The van der Waals surface area contributed by atoms with Crippen LogP contribution in [0.4, 0.5) is 0 Å². The Balaban J connectivity index is 0.000000245. The van der Waals surface area contributed by atoms with Crippen molar-refractivity contribution in [3.05, 3.63) is 46.8 Å². The zero-order valence-electron chi connectivity index (χ0n) is 9.32. The fraction of sp³-hybridized carbons (Fsp3) is 0.250. The third kappa shape index (κ3) is 3.95. The summed E-state index contributed by atoms with van der Waals surface area (Å²) in [6.45, 7) is 0. The van der Waals surface area contributed by atoms with Crippen LogP contribution in [0, 0.1) is 0 Å². The van der Waals surface area contributed by atoms with Crippen molar-refractivity contribution in [1.82, 2.24) is 9.88 Å². The third-order valence-electron chi connectivity index (χ3n) is 1.63. The fourth-order valence-electron chi connectivity index (χ4n) is 1.10. The highest BCUT2D eigenvalue weighted by Crippen LogP contribution is 2.06. The van der Waals surface area contributed by atoms with Gasteiger partial charge in [0, 0.05) is 11.6 Å². The van der Waals surface area contributed by atoms with E-state index in [1.54, 1.807) is 0 Å². The van der Waals surface area contributed by atoms with Crippen LogP contribution in [-0.4, -0.2) is 31.0 Å². The van der Waals surface area contributed by atoms with Gasteiger partial charge in [-0.2, -0.15) is 0 Å². The number of rotatable bonds is 0. The number of nitrogens with one attached hydrogen (secondary N) is 1. The molecule has 3 heteroatoms. The van der Waals surface area contributed by atoms with E-state index in [1.165, 1.54) is 6.07 Å². The molecule has 0 unspecified atom stereocenters. The van der Waals surface area contributed by atoms with Crippen molar-refractivity contribution < 1.29 is 0 Å². The molecule has 1 aromatic heterocycles. The molecule has 2 rings (SSSR count). The van der Waals surface area contributed by atoms with Gasteiger partial charge in [0.05, 0.1) is 0 Å². The Morgan fingerprint density at radius 1 is 1.00 bits per heavy atom. The van der Waals surface area contributed by atoms with Gasteiger partial charge in [0.1, 0.15) is 0 Å². The summed E-state index contributed by atoms with van der Waals surface area (Å²) in [7, 11) is 6.00. The molecule has 1 aromatic carbocycles. The third-order valence-corrected chi connectivity index (χ3v) is 1.63. The Morgan fingerprint density at radius 2 is 1.60 bits per heavy atom. The zero-order chi connectivity index (χ0) is 11.3. The molecule has 0 aliphatic heterocycles. The second kappa shape index (κ2) is 5.32. The molecule has 1 N–H and O–H groups in total. The summed E-state index contributed by atoms with van der Waals surface area (Å²) in [5.74, 6) is 0. The van der Waals surface area contributed by atoms with Crippen LogP contribution in [-0.2, 0) is 0 Å². The van der Waals surface area contributed by atoms with Crippen LogP contribution in [0.5, 0.6) is 0 Å². The minimum atomic E-state index is -0.0521. The van der Waals surface area contributed by atoms with Gasteiger partial charge in [-0.25, -0.2) is 0 Å². The van der Waals surface area contributed by atoms with Crippen molar-refractivity contribution in [1.29, 1.82) is 0 Å². The average Bonchev–Trinajstić information content (AvgIpc) is 2.16. The number of fused-ring (bicyclic) bond motifs is 1. The van der Waals surface area contributed by atoms with E-state index in [1.807, 2.05) is 56.4 Å². The van der Waals surface area contributed by atoms with E-state index < -0.39 is 0 Å². The van der Waals surface area contributed by atoms with E-state index in [0.717, 1.165) is 10.9 Å². The molecule has 0 fully saturated rings. The summed E-state index contributed by atoms with van der Waals surface area (Å²) < 4.78 is 0. The minimum Gasteiger partial charge on any atom is -0.322 e. The fourth-order valence-corrected chi connectivity index (χ4v) is 1.10. The summed E-state index contributed by atoms with van der Waals surface area (Å²) in [6.07, 6.45) is 0. The maximum absolute atomic E-state index is 10.8. The lowest BCUT2D eigenvalue weighted by molar-refractivity contribution is 0.505. The van der Waals surface area contributed by atoms with Crippen molar-refractivity contribution in [2.75, 3.05) is 21.1 Å². The number of pyridine rings is 1. The number of hydrogen-bond acceptors (Lipinski definition) is 2. The van der Waals surface area contributed by atoms with Crippen molar-refractivity contribution >= 4 is 10.9 Å². The van der Waals surface area contributed by atoms with Gasteiger partial charge in [-0.15, -0.1) is 0 Å². The molecule has 0 aliphatic rings. The number of aromatic amines is 1. The largest absolute Gasteiger partial charge is 0.322 e. The number of hydrogen-bond donors (Lipinski definition) is 1. The molecule has 0 amide bonds. The highest BCUT2D eigenvalue weighted by molar-refractivity contribution is 5.77. The van der Waals surface area contributed by atoms with Crippen molar-refractivity contribution in [3.63, 3.8) is 0 Å². The summed E-state index contributed by atoms with van der Waals surface area (Å²) in [6, 6.07) is 11.0. The quantitative estimate of drug-likeness (QED) is 0.709. The smallest absolute Gasteiger partial charge is 0.248 e. The molecule has 0 spiro atoms. The second-order valence-corrected chi connectivity index (χ2v) is 3.75. The van der Waals surface area contributed by atoms with Crippen molar-refractivity contribution in [2.24, 2.45) is 0 Å². The molecule has 0 saturated heterocycles. The highest BCUT2D eigenvalue weighted by Gasteiger charge is 1.89. The molecule has 3 nitrogen and oxygen atoms in total. The Bertz CT molecular complexity index is 471. The molecular weight excluding hydrogens is 188 g/mol. The van der Waals surface area contributed by atoms with Gasteiger partial charge in [0.2, 0.25) is 5.56 Å². The van der Waals surface area contributed by atoms with E-state index in [2.05, 4.69) is 4.98 Å². The van der Waals surface area contributed by atoms with E-state index in [9.17, 15) is 4.79 Å². The zero-order valence-corrected chi connectivity index (χ0v) is 9.32. The Kier molecular flexibility index (Phi) is 4.06. The molecule has 0 saturated carbocycles. The van der Waals surface area contributed by atoms with Crippen LogP contribution < -0.4 is 5.56 Å². The van der Waals surface area contributed by atoms with E-state index >= 15 is 0 Å². The SMILES string of the molecule is CN(C)C.O=c1ccc2ccccc2[nH]1. The normalized spacial score (nSPS) is 9.87. The first-order chi connectivity index (χ1) is 7.09. The van der Waals surface area contributed by atoms with Crippen molar-refractivity contribution in [3.8, 4) is 0 Å². The number of aromatic nitrogens is 1. The molecule has 2 aromatic rings. The van der Waals surface area contributed by atoms with Crippen LogP contribution in [0.25, 0.3) is 10.9 Å². The molecule has 0 radical (unpaired) electrons. The lowest BCUT2D eigenvalue weighted by Crippen LogP contribution is -2.01. The minimum absolute atomic E-state index is 0.0521. The van der Waals surface area contributed by atoms with E-state index in [4.69, 9.17) is 0 Å². The van der Waals surface area contributed by atoms with E-state index in [-0.39, 0.29) is 5.56 Å². The van der Waals surface area contributed by atoms with Crippen LogP contribution in [0.3, 0.4) is 0 Å². The number of nitrogens with zero attached hydrogens (tertiary/aromatic N) is 1. The maximum Gasteiger partial charge on any atom is 0.248 e. The Labute approximate surface area is 89.4 Å². The van der Waals surface area contributed by atoms with Gasteiger partial charge in [-0.05, 0) is 38.7 Å². The molecular formula is C12H16N2O. The Hall–Kier alpha value is -1.61. The number of H-pyrrole nitrogens is 1. The highest BCUT2D eigenvalue weighted by atomic mass is 16.1. The molecule has 80 valence electrons. The van der Waals surface area contributed by atoms with Crippen LogP contribution in [0.1, 0.15) is 0 Å². The first-order valence-corrected chi connectivity index (χ1v) is 4.78. The number of para-hydroxylation sites is 1. The predicted octanol–water partition coefficient (Wildman–Crippen LogP) is 1.71. The van der Waals surface area contributed by atoms with Crippen LogP contribution in [0.2, 0.25) is 0 Å². The van der Waals surface area contributed by atoms with Gasteiger partial charge < -0.3 is 9.88 Å². The van der Waals surface area contributed by atoms with E-state index in [0.29, 0.717) is 0 Å². The molecule has 0 aliphatic carbocycles. The van der Waals surface area contributed by atoms with Crippen LogP contribution >= 0.6 is 0 Å². The summed E-state index contributed by atoms with van der Waals surface area (Å²) in [4.78, 5) is 15.6. The molecule has 0 atom stereocenters. The monoisotopic (exact) mass is 204 g/mol. The average molecular weight is 204 g/mol. The molecule has 0 bridgehead atoms.